The van der Waals surface area contributed by atoms with E-state index in [0.717, 1.165) is 24.2 Å². The van der Waals surface area contributed by atoms with Gasteiger partial charge in [0.05, 0.1) is 12.5 Å². The molecular formula is C17H19N3O5S. The molecule has 0 radical (unpaired) electrons. The van der Waals surface area contributed by atoms with Crippen LogP contribution >= 0.6 is 11.3 Å². The molecule has 9 heteroatoms. The van der Waals surface area contributed by atoms with Gasteiger partial charge < -0.3 is 19.4 Å². The Morgan fingerprint density at radius 3 is 3.04 bits per heavy atom. The molecule has 3 heterocycles. The van der Waals surface area contributed by atoms with Crippen LogP contribution < -0.4 is 5.32 Å². The van der Waals surface area contributed by atoms with Crippen molar-refractivity contribution in [2.24, 2.45) is 0 Å². The van der Waals surface area contributed by atoms with Gasteiger partial charge in [0, 0.05) is 26.1 Å². The van der Waals surface area contributed by atoms with Gasteiger partial charge >= 0.3 is 5.97 Å². The summed E-state index contributed by atoms with van der Waals surface area (Å²) in [6.07, 6.45) is 4.56. The van der Waals surface area contributed by atoms with Crippen LogP contribution in [0.4, 0.5) is 0 Å². The largest absolute Gasteiger partial charge is 0.462 e. The monoisotopic (exact) mass is 377 g/mol. The number of aromatic nitrogens is 1. The summed E-state index contributed by atoms with van der Waals surface area (Å²) in [4.78, 5) is 41.6. The number of likely N-dealkylation sites (tertiary alicyclic amines) is 1. The first-order valence-corrected chi connectivity index (χ1v) is 9.06. The van der Waals surface area contributed by atoms with E-state index in [2.05, 4.69) is 10.3 Å². The normalized spacial score (nSPS) is 17.0. The standard InChI is InChI=1S/C17H19N3O5S/c1-11(21)19-12-4-2-6-20(9-12)15(22)10-25-17(23)14-8-18-16(26-14)13-5-3-7-24-13/h3,5,7-8,12H,2,4,6,9-10H2,1H3,(H,19,21). The fourth-order valence-electron chi connectivity index (χ4n) is 2.78. The zero-order valence-electron chi connectivity index (χ0n) is 14.3. The lowest BCUT2D eigenvalue weighted by molar-refractivity contribution is -0.136. The third-order valence-corrected chi connectivity index (χ3v) is 4.94. The summed E-state index contributed by atoms with van der Waals surface area (Å²) in [6.45, 7) is 2.14. The maximum absolute atomic E-state index is 12.3. The second-order valence-corrected chi connectivity index (χ2v) is 6.99. The van der Waals surface area contributed by atoms with Crippen molar-refractivity contribution < 1.29 is 23.5 Å². The molecule has 2 amide bonds. The predicted octanol–water partition coefficient (Wildman–Crippen LogP) is 1.69. The quantitative estimate of drug-likeness (QED) is 0.796. The fourth-order valence-corrected chi connectivity index (χ4v) is 3.56. The molecule has 0 bridgehead atoms. The molecule has 8 nitrogen and oxygen atoms in total. The molecule has 26 heavy (non-hydrogen) atoms. The second-order valence-electron chi connectivity index (χ2n) is 5.96. The molecule has 1 N–H and O–H groups in total. The third-order valence-electron chi connectivity index (χ3n) is 3.95. The molecule has 0 spiro atoms. The Hall–Kier alpha value is -2.68. The summed E-state index contributed by atoms with van der Waals surface area (Å²) < 4.78 is 10.3. The summed E-state index contributed by atoms with van der Waals surface area (Å²) in [5, 5.41) is 3.39. The number of piperidine rings is 1. The molecule has 138 valence electrons. The van der Waals surface area contributed by atoms with E-state index in [9.17, 15) is 14.4 Å². The Labute approximate surface area is 154 Å². The van der Waals surface area contributed by atoms with E-state index < -0.39 is 5.97 Å². The van der Waals surface area contributed by atoms with Crippen molar-refractivity contribution in [3.8, 4) is 10.8 Å². The number of nitrogens with zero attached hydrogens (tertiary/aromatic N) is 2. The lowest BCUT2D eigenvalue weighted by Gasteiger charge is -2.32. The Bertz CT molecular complexity index is 786. The first-order chi connectivity index (χ1) is 12.5. The molecule has 1 saturated heterocycles. The van der Waals surface area contributed by atoms with Crippen LogP contribution in [-0.2, 0) is 14.3 Å². The summed E-state index contributed by atoms with van der Waals surface area (Å²) in [6, 6.07) is 3.43. The highest BCUT2D eigenvalue weighted by Crippen LogP contribution is 2.25. The molecule has 0 saturated carbocycles. The van der Waals surface area contributed by atoms with Crippen LogP contribution in [0, 0.1) is 0 Å². The van der Waals surface area contributed by atoms with Gasteiger partial charge in [-0.05, 0) is 25.0 Å². The number of amides is 2. The second kappa shape index (κ2) is 8.13. The highest BCUT2D eigenvalue weighted by Gasteiger charge is 2.25. The van der Waals surface area contributed by atoms with E-state index in [0.29, 0.717) is 28.7 Å². The first kappa shape index (κ1) is 18.1. The van der Waals surface area contributed by atoms with Crippen LogP contribution in [0.15, 0.2) is 29.0 Å². The molecule has 2 aromatic heterocycles. The molecule has 1 aliphatic rings. The summed E-state index contributed by atoms with van der Waals surface area (Å²) in [7, 11) is 0. The number of rotatable bonds is 5. The average molecular weight is 377 g/mol. The lowest BCUT2D eigenvalue weighted by Crippen LogP contribution is -2.50. The number of hydrogen-bond acceptors (Lipinski definition) is 7. The molecule has 0 aliphatic carbocycles. The highest BCUT2D eigenvalue weighted by molar-refractivity contribution is 7.16. The molecule has 0 aromatic carbocycles. The topological polar surface area (TPSA) is 102 Å². The number of esters is 1. The molecule has 1 fully saturated rings. The van der Waals surface area contributed by atoms with E-state index in [1.807, 2.05) is 0 Å². The summed E-state index contributed by atoms with van der Waals surface area (Å²) in [5.74, 6) is -0.413. The molecule has 2 aromatic rings. The van der Waals surface area contributed by atoms with E-state index in [1.165, 1.54) is 19.4 Å². The predicted molar refractivity (Wildman–Crippen MR) is 93.5 cm³/mol. The van der Waals surface area contributed by atoms with E-state index >= 15 is 0 Å². The van der Waals surface area contributed by atoms with Gasteiger partial charge in [-0.25, -0.2) is 9.78 Å². The molecule has 3 rings (SSSR count). The molecule has 1 atom stereocenters. The number of carbonyl (C=O) groups is 3. The van der Waals surface area contributed by atoms with Gasteiger partial charge in [-0.3, -0.25) is 9.59 Å². The minimum absolute atomic E-state index is 0.0572. The number of hydrogen-bond donors (Lipinski definition) is 1. The van der Waals surface area contributed by atoms with Crippen molar-refractivity contribution in [2.75, 3.05) is 19.7 Å². The van der Waals surface area contributed by atoms with Crippen LogP contribution in [0.5, 0.6) is 0 Å². The molecular weight excluding hydrogens is 358 g/mol. The van der Waals surface area contributed by atoms with E-state index in [-0.39, 0.29) is 24.5 Å². The van der Waals surface area contributed by atoms with Gasteiger partial charge in [0.15, 0.2) is 17.4 Å². The van der Waals surface area contributed by atoms with Crippen molar-refractivity contribution in [1.82, 2.24) is 15.2 Å². The maximum Gasteiger partial charge on any atom is 0.350 e. The minimum Gasteiger partial charge on any atom is -0.462 e. The van der Waals surface area contributed by atoms with Crippen LogP contribution in [0.25, 0.3) is 10.8 Å². The zero-order chi connectivity index (χ0) is 18.5. The number of carbonyl (C=O) groups excluding carboxylic acids is 3. The highest BCUT2D eigenvalue weighted by atomic mass is 32.1. The smallest absolute Gasteiger partial charge is 0.350 e. The van der Waals surface area contributed by atoms with Gasteiger partial charge in [0.2, 0.25) is 5.91 Å². The Morgan fingerprint density at radius 1 is 1.46 bits per heavy atom. The first-order valence-electron chi connectivity index (χ1n) is 8.24. The molecule has 1 unspecified atom stereocenters. The Morgan fingerprint density at radius 2 is 2.31 bits per heavy atom. The van der Waals surface area contributed by atoms with Crippen molar-refractivity contribution in [3.63, 3.8) is 0 Å². The zero-order valence-corrected chi connectivity index (χ0v) is 15.1. The van der Waals surface area contributed by atoms with Crippen molar-refractivity contribution in [2.45, 2.75) is 25.8 Å². The summed E-state index contributed by atoms with van der Waals surface area (Å²) >= 11 is 1.14. The van der Waals surface area contributed by atoms with Crippen LogP contribution in [0.3, 0.4) is 0 Å². The van der Waals surface area contributed by atoms with Gasteiger partial charge in [0.1, 0.15) is 4.88 Å². The SMILES string of the molecule is CC(=O)NC1CCCN(C(=O)COC(=O)c2cnc(-c3ccco3)s2)C1. The van der Waals surface area contributed by atoms with Gasteiger partial charge in [-0.15, -0.1) is 11.3 Å². The Kier molecular flexibility index (Phi) is 5.67. The number of nitrogens with one attached hydrogen (secondary N) is 1. The van der Waals surface area contributed by atoms with Crippen molar-refractivity contribution in [3.05, 3.63) is 29.5 Å². The van der Waals surface area contributed by atoms with Gasteiger partial charge in [0.25, 0.3) is 5.91 Å². The minimum atomic E-state index is -0.593. The van der Waals surface area contributed by atoms with Gasteiger partial charge in [-0.1, -0.05) is 0 Å². The molecule has 1 aliphatic heterocycles. The van der Waals surface area contributed by atoms with Crippen molar-refractivity contribution >= 4 is 29.1 Å². The van der Waals surface area contributed by atoms with E-state index in [4.69, 9.17) is 9.15 Å². The lowest BCUT2D eigenvalue weighted by atomic mass is 10.1. The maximum atomic E-state index is 12.3. The van der Waals surface area contributed by atoms with E-state index in [1.54, 1.807) is 17.0 Å². The van der Waals surface area contributed by atoms with Crippen molar-refractivity contribution in [1.29, 1.82) is 0 Å². The van der Waals surface area contributed by atoms with Crippen LogP contribution in [-0.4, -0.2) is 53.4 Å². The van der Waals surface area contributed by atoms with Crippen LogP contribution in [0.1, 0.15) is 29.4 Å². The fraction of sp³-hybridized carbons (Fsp3) is 0.412. The Balaban J connectivity index is 1.51. The number of thiazole rings is 1. The van der Waals surface area contributed by atoms with Crippen LogP contribution in [0.2, 0.25) is 0 Å². The van der Waals surface area contributed by atoms with Gasteiger partial charge in [-0.2, -0.15) is 0 Å². The number of furan rings is 1. The number of ether oxygens (including phenoxy) is 1. The average Bonchev–Trinajstić information content (AvgIpc) is 3.30. The summed E-state index contributed by atoms with van der Waals surface area (Å²) in [5.41, 5.74) is 0. The third kappa shape index (κ3) is 4.48.